The molecule has 0 spiro atoms. The van der Waals surface area contributed by atoms with E-state index in [2.05, 4.69) is 9.71 Å². The molecule has 2 aromatic carbocycles. The minimum absolute atomic E-state index is 0.0573. The third kappa shape index (κ3) is 2.88. The van der Waals surface area contributed by atoms with Crippen molar-refractivity contribution in [2.45, 2.75) is 4.90 Å². The van der Waals surface area contributed by atoms with E-state index in [1.165, 1.54) is 23.6 Å². The summed E-state index contributed by atoms with van der Waals surface area (Å²) in [5.74, 6) is -0.632. The number of nitrogens with one attached hydrogen (secondary N) is 1. The number of sulfonamides is 1. The molecule has 25 heavy (non-hydrogen) atoms. The van der Waals surface area contributed by atoms with Gasteiger partial charge in [0, 0.05) is 27.9 Å². The summed E-state index contributed by atoms with van der Waals surface area (Å²) >= 11 is 1.26. The van der Waals surface area contributed by atoms with Gasteiger partial charge in [-0.25, -0.2) is 13.1 Å². The summed E-state index contributed by atoms with van der Waals surface area (Å²) in [7, 11) is -3.99. The molecule has 0 unspecified atom stereocenters. The van der Waals surface area contributed by atoms with Crippen LogP contribution in [0.5, 0.6) is 0 Å². The summed E-state index contributed by atoms with van der Waals surface area (Å²) in [5, 5.41) is 2.13. The molecule has 0 aliphatic heterocycles. The maximum Gasteiger partial charge on any atom is 0.275 e. The molecule has 0 aliphatic carbocycles. The Kier molecular flexibility index (Phi) is 3.74. The molecule has 124 valence electrons. The summed E-state index contributed by atoms with van der Waals surface area (Å²) in [6.07, 6.45) is 3.11. The van der Waals surface area contributed by atoms with Crippen molar-refractivity contribution in [2.24, 2.45) is 0 Å². The Morgan fingerprint density at radius 2 is 1.80 bits per heavy atom. The number of nitrogens with zero attached hydrogens (tertiary/aromatic N) is 1. The normalized spacial score (nSPS) is 11.7. The molecule has 0 atom stereocenters. The lowest BCUT2D eigenvalue weighted by molar-refractivity contribution is 0.0985. The number of pyridine rings is 1. The van der Waals surface area contributed by atoms with Crippen molar-refractivity contribution < 1.29 is 13.2 Å². The van der Waals surface area contributed by atoms with Gasteiger partial charge < -0.3 is 0 Å². The van der Waals surface area contributed by atoms with Crippen LogP contribution in [0.3, 0.4) is 0 Å². The Bertz CT molecular complexity index is 1170. The lowest BCUT2D eigenvalue weighted by Crippen LogP contribution is -2.30. The number of aromatic nitrogens is 1. The van der Waals surface area contributed by atoms with Crippen molar-refractivity contribution >= 4 is 48.1 Å². The summed E-state index contributed by atoms with van der Waals surface area (Å²) < 4.78 is 28.5. The van der Waals surface area contributed by atoms with Crippen LogP contribution in [-0.4, -0.2) is 19.3 Å². The fourth-order valence-corrected chi connectivity index (χ4v) is 4.87. The highest BCUT2D eigenvalue weighted by Gasteiger charge is 2.22. The molecule has 0 aliphatic rings. The van der Waals surface area contributed by atoms with Gasteiger partial charge in [-0.3, -0.25) is 9.78 Å². The molecule has 0 radical (unpaired) electrons. The molecule has 4 aromatic rings. The molecular formula is C18H12N2O3S2. The second kappa shape index (κ2) is 5.94. The summed E-state index contributed by atoms with van der Waals surface area (Å²) in [4.78, 5) is 16.8. The molecule has 1 amide bonds. The van der Waals surface area contributed by atoms with Crippen molar-refractivity contribution in [1.82, 2.24) is 9.71 Å². The predicted octanol–water partition coefficient (Wildman–Crippen LogP) is 3.57. The number of amides is 1. The smallest absolute Gasteiger partial charge is 0.267 e. The first-order valence-corrected chi connectivity index (χ1v) is 9.73. The molecular weight excluding hydrogens is 356 g/mol. The van der Waals surface area contributed by atoms with Crippen LogP contribution in [0.4, 0.5) is 0 Å². The van der Waals surface area contributed by atoms with E-state index >= 15 is 0 Å². The molecule has 0 saturated heterocycles. The van der Waals surface area contributed by atoms with E-state index < -0.39 is 15.9 Å². The number of fused-ring (bicyclic) bond motifs is 2. The Labute approximate surface area is 148 Å². The van der Waals surface area contributed by atoms with Crippen molar-refractivity contribution in [3.8, 4) is 0 Å². The molecule has 2 aromatic heterocycles. The van der Waals surface area contributed by atoms with Gasteiger partial charge in [0.25, 0.3) is 15.9 Å². The highest BCUT2D eigenvalue weighted by Crippen LogP contribution is 2.26. The Balaban J connectivity index is 1.72. The minimum Gasteiger partial charge on any atom is -0.267 e. The zero-order valence-corrected chi connectivity index (χ0v) is 14.5. The van der Waals surface area contributed by atoms with E-state index in [9.17, 15) is 13.2 Å². The molecule has 1 N–H and O–H groups in total. The maximum absolute atomic E-state index is 12.7. The van der Waals surface area contributed by atoms with Crippen LogP contribution in [0.1, 0.15) is 9.67 Å². The van der Waals surface area contributed by atoms with E-state index in [4.69, 9.17) is 0 Å². The molecule has 0 saturated carbocycles. The average molecular weight is 368 g/mol. The van der Waals surface area contributed by atoms with Gasteiger partial charge in [0.05, 0.1) is 9.77 Å². The van der Waals surface area contributed by atoms with Crippen LogP contribution in [0.25, 0.3) is 20.9 Å². The number of hydrogen-bond acceptors (Lipinski definition) is 5. The predicted molar refractivity (Wildman–Crippen MR) is 98.2 cm³/mol. The Morgan fingerprint density at radius 1 is 1.00 bits per heavy atom. The Hall–Kier alpha value is -2.77. The van der Waals surface area contributed by atoms with E-state index in [0.29, 0.717) is 15.6 Å². The first-order valence-electron chi connectivity index (χ1n) is 7.43. The topological polar surface area (TPSA) is 76.1 Å². The van der Waals surface area contributed by atoms with Gasteiger partial charge in [-0.15, -0.1) is 11.3 Å². The van der Waals surface area contributed by atoms with E-state index in [0.717, 1.165) is 10.1 Å². The third-order valence-electron chi connectivity index (χ3n) is 3.81. The number of carbonyl (C=O) groups is 1. The zero-order valence-electron chi connectivity index (χ0n) is 12.8. The first-order chi connectivity index (χ1) is 12.0. The molecule has 0 fully saturated rings. The monoisotopic (exact) mass is 368 g/mol. The number of hydrogen-bond donors (Lipinski definition) is 1. The van der Waals surface area contributed by atoms with E-state index in [-0.39, 0.29) is 4.90 Å². The number of thiophene rings is 1. The van der Waals surface area contributed by atoms with Gasteiger partial charge in [0.1, 0.15) is 0 Å². The summed E-state index contributed by atoms with van der Waals surface area (Å²) in [5.41, 5.74) is 0. The van der Waals surface area contributed by atoms with Gasteiger partial charge in [-0.05, 0) is 29.7 Å². The van der Waals surface area contributed by atoms with E-state index in [1.807, 2.05) is 24.3 Å². The van der Waals surface area contributed by atoms with Gasteiger partial charge in [0.2, 0.25) is 0 Å². The highest BCUT2D eigenvalue weighted by molar-refractivity contribution is 7.90. The Morgan fingerprint density at radius 3 is 2.64 bits per heavy atom. The number of rotatable bonds is 3. The number of benzene rings is 2. The fraction of sp³-hybridized carbons (Fsp3) is 0. The lowest BCUT2D eigenvalue weighted by atomic mass is 10.2. The van der Waals surface area contributed by atoms with Crippen LogP contribution < -0.4 is 4.72 Å². The summed E-state index contributed by atoms with van der Waals surface area (Å²) in [6, 6.07) is 15.7. The molecule has 0 bridgehead atoms. The highest BCUT2D eigenvalue weighted by atomic mass is 32.2. The quantitative estimate of drug-likeness (QED) is 0.600. The standard InChI is InChI=1S/C18H12N2O3S2/c21-18(16-10-12-4-1-2-6-15(12)24-16)20-25(22,23)17-7-3-5-13-11-19-9-8-14(13)17/h1-11H,(H,20,21). The molecule has 2 heterocycles. The van der Waals surface area contributed by atoms with Crippen LogP contribution in [-0.2, 0) is 10.0 Å². The maximum atomic E-state index is 12.7. The lowest BCUT2D eigenvalue weighted by Gasteiger charge is -2.08. The van der Waals surface area contributed by atoms with Crippen LogP contribution in [0.15, 0.2) is 71.9 Å². The van der Waals surface area contributed by atoms with Crippen molar-refractivity contribution in [1.29, 1.82) is 0 Å². The van der Waals surface area contributed by atoms with Gasteiger partial charge in [-0.2, -0.15) is 0 Å². The van der Waals surface area contributed by atoms with Crippen molar-refractivity contribution in [2.75, 3.05) is 0 Å². The number of carbonyl (C=O) groups excluding carboxylic acids is 1. The zero-order chi connectivity index (χ0) is 17.4. The van der Waals surface area contributed by atoms with Crippen LogP contribution in [0, 0.1) is 0 Å². The second-order valence-corrected chi connectivity index (χ2v) is 8.17. The van der Waals surface area contributed by atoms with Gasteiger partial charge >= 0.3 is 0 Å². The van der Waals surface area contributed by atoms with Crippen molar-refractivity contribution in [3.05, 3.63) is 71.9 Å². The third-order valence-corrected chi connectivity index (χ3v) is 6.31. The SMILES string of the molecule is O=C(NS(=O)(=O)c1cccc2cnccc12)c1cc2ccccc2s1. The fourth-order valence-electron chi connectivity index (χ4n) is 2.65. The average Bonchev–Trinajstić information content (AvgIpc) is 3.05. The van der Waals surface area contributed by atoms with Crippen LogP contribution in [0.2, 0.25) is 0 Å². The van der Waals surface area contributed by atoms with Crippen LogP contribution >= 0.6 is 11.3 Å². The molecule has 4 rings (SSSR count). The second-order valence-electron chi connectivity index (χ2n) is 5.44. The summed E-state index contributed by atoms with van der Waals surface area (Å²) in [6.45, 7) is 0. The van der Waals surface area contributed by atoms with Crippen molar-refractivity contribution in [3.63, 3.8) is 0 Å². The molecule has 7 heteroatoms. The van der Waals surface area contributed by atoms with Gasteiger partial charge in [0.15, 0.2) is 0 Å². The van der Waals surface area contributed by atoms with E-state index in [1.54, 1.807) is 30.5 Å². The first kappa shape index (κ1) is 15.7. The molecule has 5 nitrogen and oxygen atoms in total. The van der Waals surface area contributed by atoms with Gasteiger partial charge in [-0.1, -0.05) is 30.3 Å². The largest absolute Gasteiger partial charge is 0.275 e. The minimum atomic E-state index is -3.99.